The molecule has 0 saturated carbocycles. The maximum absolute atomic E-state index is 13.2. The molecule has 0 saturated heterocycles. The van der Waals surface area contributed by atoms with E-state index in [1.54, 1.807) is 36.4 Å². The van der Waals surface area contributed by atoms with E-state index in [1.807, 2.05) is 0 Å². The molecule has 38 heavy (non-hydrogen) atoms. The molecule has 0 amide bonds. The van der Waals surface area contributed by atoms with Crippen LogP contribution in [0.3, 0.4) is 0 Å². The van der Waals surface area contributed by atoms with Crippen LogP contribution in [-0.4, -0.2) is 12.4 Å². The van der Waals surface area contributed by atoms with Gasteiger partial charge in [0.1, 0.15) is 23.0 Å². The largest absolute Gasteiger partial charge is 0.457 e. The van der Waals surface area contributed by atoms with Crippen molar-refractivity contribution in [3.05, 3.63) is 96.1 Å². The van der Waals surface area contributed by atoms with Crippen LogP contribution < -0.4 is 9.47 Å². The monoisotopic (exact) mass is 528 g/mol. The molecule has 0 N–H and O–H groups in total. The highest BCUT2D eigenvalue weighted by Crippen LogP contribution is 2.53. The van der Waals surface area contributed by atoms with E-state index < -0.39 is 23.7 Å². The van der Waals surface area contributed by atoms with Crippen molar-refractivity contribution in [3.8, 4) is 23.0 Å². The molecule has 4 aromatic rings. The Labute approximate surface area is 210 Å². The molecule has 6 rings (SSSR count). The van der Waals surface area contributed by atoms with E-state index in [-0.39, 0.29) is 11.1 Å². The maximum atomic E-state index is 13.2. The number of ether oxygens (including phenoxy) is 2. The Kier molecular flexibility index (Phi) is 5.03. The molecule has 2 heterocycles. The molecule has 192 valence electrons. The minimum Gasteiger partial charge on any atom is -0.457 e. The summed E-state index contributed by atoms with van der Waals surface area (Å²) in [6.45, 7) is 0. The summed E-state index contributed by atoms with van der Waals surface area (Å²) in [7, 11) is 0. The Bertz CT molecular complexity index is 1470. The Morgan fingerprint density at radius 2 is 0.789 bits per heavy atom. The zero-order chi connectivity index (χ0) is 26.8. The summed E-state index contributed by atoms with van der Waals surface area (Å²) >= 11 is 0. The highest BCUT2D eigenvalue weighted by Gasteiger charge is 2.65. The van der Waals surface area contributed by atoms with Crippen LogP contribution in [-0.2, 0) is 11.3 Å². The fraction of sp³-hybridized carbons (Fsp3) is 0.154. The summed E-state index contributed by atoms with van der Waals surface area (Å²) in [5.41, 5.74) is -5.18. The van der Waals surface area contributed by atoms with Crippen LogP contribution in [0, 0.1) is 0 Å². The molecular formula is C26H14F6N4O2. The third-order valence-corrected chi connectivity index (χ3v) is 6.16. The van der Waals surface area contributed by atoms with E-state index in [0.717, 1.165) is 10.8 Å². The van der Waals surface area contributed by atoms with E-state index >= 15 is 0 Å². The summed E-state index contributed by atoms with van der Waals surface area (Å²) < 4.78 is 90.7. The van der Waals surface area contributed by atoms with E-state index in [2.05, 4.69) is 20.5 Å². The molecule has 0 atom stereocenters. The van der Waals surface area contributed by atoms with Crippen LogP contribution >= 0.6 is 0 Å². The van der Waals surface area contributed by atoms with Crippen LogP contribution in [0.15, 0.2) is 105 Å². The Balaban J connectivity index is 1.17. The van der Waals surface area contributed by atoms with Crippen molar-refractivity contribution >= 4 is 10.8 Å². The Hall–Kier alpha value is -4.48. The van der Waals surface area contributed by atoms with Crippen LogP contribution in [0.2, 0.25) is 0 Å². The second-order valence-electron chi connectivity index (χ2n) is 8.66. The summed E-state index contributed by atoms with van der Waals surface area (Å²) in [6.07, 6.45) is -9.22. The third-order valence-electron chi connectivity index (χ3n) is 6.16. The average molecular weight is 528 g/mol. The lowest BCUT2D eigenvalue weighted by Crippen LogP contribution is -2.29. The number of fused-ring (bicyclic) bond motifs is 1. The summed E-state index contributed by atoms with van der Waals surface area (Å²) in [5.74, 6) is 1.52. The van der Waals surface area contributed by atoms with Crippen LogP contribution in [0.1, 0.15) is 11.1 Å². The number of benzene rings is 4. The summed E-state index contributed by atoms with van der Waals surface area (Å²) in [4.78, 5) is 0. The van der Waals surface area contributed by atoms with Gasteiger partial charge in [-0.15, -0.1) is 20.5 Å². The standard InChI is InChI=1S/C26H14F6N4O2/c27-25(28,29)23(33-34-23)17-3-9-19(10-4-17)37-21-7-1-15-2-8-22(14-16(15)13-21)38-20-11-5-18(6-12-20)24(35-36-24)26(30,31)32/h1-14H. The van der Waals surface area contributed by atoms with Gasteiger partial charge in [-0.25, -0.2) is 0 Å². The molecule has 4 aromatic carbocycles. The molecule has 6 nitrogen and oxygen atoms in total. The zero-order valence-corrected chi connectivity index (χ0v) is 19.0. The maximum Gasteiger partial charge on any atom is 0.442 e. The minimum absolute atomic E-state index is 0.0971. The lowest BCUT2D eigenvalue weighted by atomic mass is 10.0. The third kappa shape index (κ3) is 4.01. The molecule has 12 heteroatoms. The van der Waals surface area contributed by atoms with Crippen LogP contribution in [0.4, 0.5) is 26.3 Å². The average Bonchev–Trinajstić information content (AvgIpc) is 3.78. The summed E-state index contributed by atoms with van der Waals surface area (Å²) in [6, 6.07) is 21.2. The minimum atomic E-state index is -4.61. The molecule has 0 aliphatic carbocycles. The van der Waals surface area contributed by atoms with Gasteiger partial charge in [0.25, 0.3) is 0 Å². The molecule has 0 bridgehead atoms. The first-order valence-electron chi connectivity index (χ1n) is 11.1. The fourth-order valence-corrected chi connectivity index (χ4v) is 4.00. The van der Waals surface area contributed by atoms with Gasteiger partial charge in [0.2, 0.25) is 0 Å². The highest BCUT2D eigenvalue weighted by atomic mass is 19.4. The molecule has 0 aromatic heterocycles. The number of halogens is 6. The molecule has 0 unspecified atom stereocenters. The van der Waals surface area contributed by atoms with Crippen molar-refractivity contribution in [2.24, 2.45) is 20.5 Å². The topological polar surface area (TPSA) is 67.9 Å². The van der Waals surface area contributed by atoms with Gasteiger partial charge in [-0.2, -0.15) is 26.3 Å². The number of rotatable bonds is 6. The Morgan fingerprint density at radius 1 is 0.447 bits per heavy atom. The van der Waals surface area contributed by atoms with Gasteiger partial charge >= 0.3 is 23.7 Å². The molecule has 2 aliphatic rings. The van der Waals surface area contributed by atoms with E-state index in [0.29, 0.717) is 23.0 Å². The molecule has 2 aliphatic heterocycles. The number of alkyl halides is 6. The SMILES string of the molecule is FC(F)(F)C1(c2ccc(Oc3ccc4ccc(Oc5ccc(C6(C(F)(F)F)N=N6)cc5)cc4c3)cc2)N=N1. The first-order chi connectivity index (χ1) is 18.0. The van der Waals surface area contributed by atoms with Crippen molar-refractivity contribution in [3.63, 3.8) is 0 Å². The Morgan fingerprint density at radius 3 is 1.11 bits per heavy atom. The van der Waals surface area contributed by atoms with E-state index in [9.17, 15) is 26.3 Å². The lowest BCUT2D eigenvalue weighted by Gasteiger charge is -2.15. The first kappa shape index (κ1) is 23.9. The lowest BCUT2D eigenvalue weighted by molar-refractivity contribution is -0.166. The van der Waals surface area contributed by atoms with Crippen molar-refractivity contribution in [1.82, 2.24) is 0 Å². The molecule has 0 fully saturated rings. The van der Waals surface area contributed by atoms with E-state index in [1.165, 1.54) is 48.5 Å². The molecule has 0 spiro atoms. The normalized spacial score (nSPS) is 16.9. The van der Waals surface area contributed by atoms with Gasteiger partial charge in [-0.3, -0.25) is 0 Å². The van der Waals surface area contributed by atoms with Crippen LogP contribution in [0.25, 0.3) is 10.8 Å². The van der Waals surface area contributed by atoms with Crippen molar-refractivity contribution in [1.29, 1.82) is 0 Å². The first-order valence-corrected chi connectivity index (χ1v) is 11.1. The highest BCUT2D eigenvalue weighted by molar-refractivity contribution is 5.85. The van der Waals surface area contributed by atoms with Crippen molar-refractivity contribution < 1.29 is 35.8 Å². The van der Waals surface area contributed by atoms with Gasteiger partial charge in [0.15, 0.2) is 0 Å². The number of hydrogen-bond donors (Lipinski definition) is 0. The van der Waals surface area contributed by atoms with Crippen LogP contribution in [0.5, 0.6) is 23.0 Å². The van der Waals surface area contributed by atoms with Gasteiger partial charge < -0.3 is 9.47 Å². The molecular weight excluding hydrogens is 514 g/mol. The van der Waals surface area contributed by atoms with Crippen molar-refractivity contribution in [2.75, 3.05) is 0 Å². The zero-order valence-electron chi connectivity index (χ0n) is 19.0. The second-order valence-corrected chi connectivity index (χ2v) is 8.66. The van der Waals surface area contributed by atoms with Gasteiger partial charge in [-0.05, 0) is 59.3 Å². The smallest absolute Gasteiger partial charge is 0.442 e. The predicted octanol–water partition coefficient (Wildman–Crippen LogP) is 8.79. The second kappa shape index (κ2) is 8.01. The fourth-order valence-electron chi connectivity index (χ4n) is 4.00. The predicted molar refractivity (Wildman–Crippen MR) is 122 cm³/mol. The van der Waals surface area contributed by atoms with E-state index in [4.69, 9.17) is 9.47 Å². The van der Waals surface area contributed by atoms with Gasteiger partial charge in [0, 0.05) is 11.1 Å². The summed E-state index contributed by atoms with van der Waals surface area (Å²) in [5, 5.41) is 14.3. The molecule has 0 radical (unpaired) electrons. The quantitative estimate of drug-likeness (QED) is 0.235. The number of nitrogens with zero attached hydrogens (tertiary/aromatic N) is 4. The van der Waals surface area contributed by atoms with Gasteiger partial charge in [0.05, 0.1) is 0 Å². The van der Waals surface area contributed by atoms with Gasteiger partial charge in [-0.1, -0.05) is 36.4 Å². The number of hydrogen-bond acceptors (Lipinski definition) is 6. The van der Waals surface area contributed by atoms with Crippen molar-refractivity contribution in [2.45, 2.75) is 23.7 Å².